The third-order valence-corrected chi connectivity index (χ3v) is 6.14. The van der Waals surface area contributed by atoms with Gasteiger partial charge in [0.2, 0.25) is 0 Å². The zero-order chi connectivity index (χ0) is 19.3. The number of ether oxygens (including phenoxy) is 1. The average Bonchev–Trinajstić information content (AvgIpc) is 3.15. The Bertz CT molecular complexity index is 816. The van der Waals surface area contributed by atoms with E-state index in [4.69, 9.17) is 17.0 Å². The monoisotopic (exact) mass is 394 g/mol. The molecule has 0 aromatic heterocycles. The quantitative estimate of drug-likeness (QED) is 0.686. The van der Waals surface area contributed by atoms with Crippen LogP contribution in [-0.4, -0.2) is 35.6 Å². The van der Waals surface area contributed by atoms with Gasteiger partial charge in [0, 0.05) is 18.8 Å². The molecule has 2 fully saturated rings. The van der Waals surface area contributed by atoms with Crippen LogP contribution in [0.25, 0.3) is 0 Å². The standard InChI is InChI=1S/C23H26N2O2S/c26-22(17-27-21-9-5-2-6-10-21)25-16-15-24(23(25)28)20-13-11-19(12-14-20)18-7-3-1-4-8-18/h2,5-6,9-14,18H,1,3-4,7-8,15-17H2. The van der Waals surface area contributed by atoms with Crippen molar-refractivity contribution >= 4 is 28.9 Å². The van der Waals surface area contributed by atoms with Crippen molar-refractivity contribution < 1.29 is 9.53 Å². The summed E-state index contributed by atoms with van der Waals surface area (Å²) in [7, 11) is 0. The number of carbonyl (C=O) groups is 1. The molecule has 4 rings (SSSR count). The fourth-order valence-electron chi connectivity index (χ4n) is 4.11. The number of benzene rings is 2. The van der Waals surface area contributed by atoms with Crippen molar-refractivity contribution in [2.45, 2.75) is 38.0 Å². The molecule has 146 valence electrons. The molecule has 0 unspecified atom stereocenters. The van der Waals surface area contributed by atoms with Crippen LogP contribution in [-0.2, 0) is 4.79 Å². The first-order valence-corrected chi connectivity index (χ1v) is 10.5. The van der Waals surface area contributed by atoms with Gasteiger partial charge in [-0.1, -0.05) is 49.6 Å². The van der Waals surface area contributed by atoms with Crippen molar-refractivity contribution in [1.82, 2.24) is 4.90 Å². The Balaban J connectivity index is 1.36. The van der Waals surface area contributed by atoms with Crippen molar-refractivity contribution in [3.8, 4) is 5.75 Å². The molecule has 0 radical (unpaired) electrons. The first-order valence-electron chi connectivity index (χ1n) is 10.1. The maximum atomic E-state index is 12.6. The predicted molar refractivity (Wildman–Crippen MR) is 116 cm³/mol. The highest BCUT2D eigenvalue weighted by atomic mass is 32.1. The van der Waals surface area contributed by atoms with Crippen LogP contribution in [0, 0.1) is 0 Å². The maximum absolute atomic E-state index is 12.6. The van der Waals surface area contributed by atoms with Crippen LogP contribution in [0.3, 0.4) is 0 Å². The lowest BCUT2D eigenvalue weighted by Gasteiger charge is -2.24. The summed E-state index contributed by atoms with van der Waals surface area (Å²) in [5, 5.41) is 0.562. The van der Waals surface area contributed by atoms with E-state index < -0.39 is 0 Å². The fraction of sp³-hybridized carbons (Fsp3) is 0.391. The third-order valence-electron chi connectivity index (χ3n) is 5.70. The normalized spacial score (nSPS) is 17.8. The van der Waals surface area contributed by atoms with E-state index in [-0.39, 0.29) is 12.5 Å². The highest BCUT2D eigenvalue weighted by Crippen LogP contribution is 2.33. The van der Waals surface area contributed by atoms with Crippen LogP contribution in [0.5, 0.6) is 5.75 Å². The zero-order valence-electron chi connectivity index (χ0n) is 16.0. The number of para-hydroxylation sites is 1. The SMILES string of the molecule is O=C(COc1ccccc1)N1CCN(c2ccc(C3CCCCC3)cc2)C1=S. The number of thiocarbonyl (C=S) groups is 1. The summed E-state index contributed by atoms with van der Waals surface area (Å²) >= 11 is 5.58. The minimum absolute atomic E-state index is 0.00138. The number of carbonyl (C=O) groups excluding carboxylic acids is 1. The second-order valence-corrected chi connectivity index (χ2v) is 7.87. The van der Waals surface area contributed by atoms with Gasteiger partial charge in [-0.3, -0.25) is 9.69 Å². The first kappa shape index (κ1) is 18.9. The van der Waals surface area contributed by atoms with Gasteiger partial charge in [0.1, 0.15) is 5.75 Å². The lowest BCUT2D eigenvalue weighted by molar-refractivity contribution is -0.128. The second kappa shape index (κ2) is 8.74. The van der Waals surface area contributed by atoms with Gasteiger partial charge in [0.25, 0.3) is 5.91 Å². The molecule has 1 saturated heterocycles. The van der Waals surface area contributed by atoms with Gasteiger partial charge in [-0.2, -0.15) is 0 Å². The van der Waals surface area contributed by atoms with Crippen molar-refractivity contribution in [3.63, 3.8) is 0 Å². The van der Waals surface area contributed by atoms with Crippen molar-refractivity contribution in [2.24, 2.45) is 0 Å². The molecule has 0 N–H and O–H groups in total. The zero-order valence-corrected chi connectivity index (χ0v) is 16.9. The minimum atomic E-state index is -0.102. The largest absolute Gasteiger partial charge is 0.484 e. The molecule has 1 aliphatic heterocycles. The number of rotatable bonds is 5. The van der Waals surface area contributed by atoms with Gasteiger partial charge in [-0.15, -0.1) is 0 Å². The summed E-state index contributed by atoms with van der Waals surface area (Å²) in [6.45, 7) is 1.32. The number of amides is 1. The highest BCUT2D eigenvalue weighted by molar-refractivity contribution is 7.80. The summed E-state index contributed by atoms with van der Waals surface area (Å²) in [6.07, 6.45) is 6.64. The van der Waals surface area contributed by atoms with E-state index in [0.717, 1.165) is 12.2 Å². The molecular formula is C23H26N2O2S. The van der Waals surface area contributed by atoms with E-state index >= 15 is 0 Å². The molecule has 0 spiro atoms. The molecule has 0 atom stereocenters. The van der Waals surface area contributed by atoms with Crippen molar-refractivity contribution in [2.75, 3.05) is 24.6 Å². The molecule has 5 heteroatoms. The van der Waals surface area contributed by atoms with Crippen LogP contribution >= 0.6 is 12.2 Å². The maximum Gasteiger partial charge on any atom is 0.266 e. The molecule has 4 nitrogen and oxygen atoms in total. The average molecular weight is 395 g/mol. The number of nitrogens with zero attached hydrogens (tertiary/aromatic N) is 2. The van der Waals surface area contributed by atoms with Gasteiger partial charge < -0.3 is 9.64 Å². The van der Waals surface area contributed by atoms with Crippen LogP contribution in [0.2, 0.25) is 0 Å². The molecule has 2 aliphatic rings. The summed E-state index contributed by atoms with van der Waals surface area (Å²) in [5.74, 6) is 1.29. The fourth-order valence-corrected chi connectivity index (χ4v) is 4.50. The highest BCUT2D eigenvalue weighted by Gasteiger charge is 2.31. The molecule has 2 aromatic rings. The molecule has 2 aromatic carbocycles. The Kier molecular flexibility index (Phi) is 5.91. The summed E-state index contributed by atoms with van der Waals surface area (Å²) in [4.78, 5) is 16.2. The molecular weight excluding hydrogens is 368 g/mol. The number of anilines is 1. The summed E-state index contributed by atoms with van der Waals surface area (Å²) in [6, 6.07) is 18.1. The van der Waals surface area contributed by atoms with Gasteiger partial charge in [-0.25, -0.2) is 0 Å². The lowest BCUT2D eigenvalue weighted by atomic mass is 9.84. The summed E-state index contributed by atoms with van der Waals surface area (Å²) < 4.78 is 5.58. The van der Waals surface area contributed by atoms with Crippen LogP contribution in [0.15, 0.2) is 54.6 Å². The smallest absolute Gasteiger partial charge is 0.266 e. The minimum Gasteiger partial charge on any atom is -0.484 e. The molecule has 1 saturated carbocycles. The van der Waals surface area contributed by atoms with Gasteiger partial charge in [-0.05, 0) is 60.8 Å². The Morgan fingerprint density at radius 3 is 2.39 bits per heavy atom. The van der Waals surface area contributed by atoms with Crippen molar-refractivity contribution in [3.05, 3.63) is 60.2 Å². The van der Waals surface area contributed by atoms with E-state index in [1.54, 1.807) is 4.90 Å². The topological polar surface area (TPSA) is 32.8 Å². The molecule has 0 bridgehead atoms. The van der Waals surface area contributed by atoms with Crippen LogP contribution in [0.4, 0.5) is 5.69 Å². The van der Waals surface area contributed by atoms with Gasteiger partial charge in [0.05, 0.1) is 0 Å². The molecule has 1 amide bonds. The van der Waals surface area contributed by atoms with Gasteiger partial charge >= 0.3 is 0 Å². The van der Waals surface area contributed by atoms with Crippen LogP contribution < -0.4 is 9.64 Å². The van der Waals surface area contributed by atoms with E-state index in [9.17, 15) is 4.79 Å². The second-order valence-electron chi connectivity index (χ2n) is 7.51. The number of hydrogen-bond acceptors (Lipinski definition) is 3. The summed E-state index contributed by atoms with van der Waals surface area (Å²) in [5.41, 5.74) is 2.49. The Hall–Kier alpha value is -2.40. The molecule has 1 aliphatic carbocycles. The molecule has 1 heterocycles. The lowest BCUT2D eigenvalue weighted by Crippen LogP contribution is -2.38. The van der Waals surface area contributed by atoms with Crippen molar-refractivity contribution in [1.29, 1.82) is 0 Å². The Labute approximate surface area is 172 Å². The third kappa shape index (κ3) is 4.20. The predicted octanol–water partition coefficient (Wildman–Crippen LogP) is 4.75. The Morgan fingerprint density at radius 1 is 0.964 bits per heavy atom. The van der Waals surface area contributed by atoms with Crippen LogP contribution in [0.1, 0.15) is 43.6 Å². The Morgan fingerprint density at radius 2 is 1.68 bits per heavy atom. The van der Waals surface area contributed by atoms with E-state index in [2.05, 4.69) is 24.3 Å². The molecule has 28 heavy (non-hydrogen) atoms. The number of hydrogen-bond donors (Lipinski definition) is 0. The van der Waals surface area contributed by atoms with E-state index in [1.807, 2.05) is 35.2 Å². The van der Waals surface area contributed by atoms with Gasteiger partial charge in [0.15, 0.2) is 11.7 Å². The van der Waals surface area contributed by atoms with E-state index in [1.165, 1.54) is 37.7 Å². The first-order chi connectivity index (χ1) is 13.7. The van der Waals surface area contributed by atoms with E-state index in [0.29, 0.717) is 23.3 Å².